The van der Waals surface area contributed by atoms with Gasteiger partial charge >= 0.3 is 0 Å². The van der Waals surface area contributed by atoms with Crippen molar-refractivity contribution in [2.45, 2.75) is 19.4 Å². The van der Waals surface area contributed by atoms with Crippen molar-refractivity contribution < 1.29 is 22.7 Å². The monoisotopic (exact) mass is 415 g/mol. The van der Waals surface area contributed by atoms with E-state index < -0.39 is 17.5 Å². The second-order valence-corrected chi connectivity index (χ2v) is 7.57. The minimum Gasteiger partial charge on any atom is -0.437 e. The second-order valence-electron chi connectivity index (χ2n) is 7.57. The Morgan fingerprint density at radius 3 is 2.70 bits per heavy atom. The van der Waals surface area contributed by atoms with Gasteiger partial charge in [-0.2, -0.15) is 0 Å². The predicted molar refractivity (Wildman–Crippen MR) is 108 cm³/mol. The largest absolute Gasteiger partial charge is 0.437 e. The summed E-state index contributed by atoms with van der Waals surface area (Å²) in [5.74, 6) is -2.22. The van der Waals surface area contributed by atoms with Gasteiger partial charge in [-0.05, 0) is 38.2 Å². The van der Waals surface area contributed by atoms with E-state index >= 15 is 0 Å². The van der Waals surface area contributed by atoms with Crippen molar-refractivity contribution >= 4 is 17.0 Å². The molecule has 0 spiro atoms. The molecule has 1 unspecified atom stereocenters. The lowest BCUT2D eigenvalue weighted by Crippen LogP contribution is -2.41. The number of morpholine rings is 1. The van der Waals surface area contributed by atoms with E-state index in [2.05, 4.69) is 15.2 Å². The van der Waals surface area contributed by atoms with Crippen LogP contribution in [0, 0.1) is 18.6 Å². The van der Waals surface area contributed by atoms with E-state index in [1.54, 1.807) is 0 Å². The Morgan fingerprint density at radius 1 is 1.30 bits per heavy atom. The fourth-order valence-corrected chi connectivity index (χ4v) is 3.81. The van der Waals surface area contributed by atoms with Gasteiger partial charge in [-0.15, -0.1) is 0 Å². The average Bonchev–Trinajstić information content (AvgIpc) is 3.03. The summed E-state index contributed by atoms with van der Waals surface area (Å²) in [7, 11) is 3.41. The van der Waals surface area contributed by atoms with Crippen molar-refractivity contribution in [1.29, 1.82) is 0 Å². The molecule has 1 aromatic carbocycles. The molecular weight excluding hydrogens is 392 g/mol. The number of fused-ring (bicyclic) bond motifs is 1. The van der Waals surface area contributed by atoms with Crippen LogP contribution in [0.3, 0.4) is 0 Å². The summed E-state index contributed by atoms with van der Waals surface area (Å²) in [6.45, 7) is 3.94. The van der Waals surface area contributed by atoms with E-state index in [1.807, 2.05) is 26.1 Å². The lowest BCUT2D eigenvalue weighted by molar-refractivity contribution is -0.0184. The highest BCUT2D eigenvalue weighted by Crippen LogP contribution is 2.37. The molecule has 4 rings (SSSR count). The fourth-order valence-electron chi connectivity index (χ4n) is 3.81. The number of hydrogen-bond acceptors (Lipinski definition) is 5. The third-order valence-corrected chi connectivity index (χ3v) is 5.33. The van der Waals surface area contributed by atoms with Crippen molar-refractivity contribution in [3.8, 4) is 11.3 Å². The maximum absolute atomic E-state index is 15.0. The molecule has 0 aliphatic carbocycles. The molecule has 1 atom stereocenters. The van der Waals surface area contributed by atoms with Crippen LogP contribution in [-0.4, -0.2) is 55.7 Å². The molecule has 1 N–H and O–H groups in total. The third-order valence-electron chi connectivity index (χ3n) is 5.33. The van der Waals surface area contributed by atoms with E-state index in [1.165, 1.54) is 7.05 Å². The number of pyridine rings is 1. The van der Waals surface area contributed by atoms with Gasteiger partial charge < -0.3 is 19.4 Å². The Balaban J connectivity index is 1.85. The summed E-state index contributed by atoms with van der Waals surface area (Å²) in [4.78, 5) is 18.3. The van der Waals surface area contributed by atoms with Crippen molar-refractivity contribution in [2.75, 3.05) is 33.8 Å². The van der Waals surface area contributed by atoms with Gasteiger partial charge in [0.15, 0.2) is 0 Å². The van der Waals surface area contributed by atoms with Crippen LogP contribution in [0.15, 0.2) is 28.7 Å². The van der Waals surface area contributed by atoms with E-state index in [0.29, 0.717) is 36.2 Å². The molecule has 0 radical (unpaired) electrons. The molecule has 3 aromatic rings. The number of nitrogens with one attached hydrogen (secondary N) is 1. The van der Waals surface area contributed by atoms with Gasteiger partial charge in [-0.1, -0.05) is 0 Å². The van der Waals surface area contributed by atoms with Gasteiger partial charge in [0.2, 0.25) is 5.71 Å². The quantitative estimate of drug-likeness (QED) is 0.708. The molecule has 1 amide bonds. The number of carbonyl (C=O) groups is 1. The smallest absolute Gasteiger partial charge is 0.251 e. The van der Waals surface area contributed by atoms with Crippen LogP contribution in [0.1, 0.15) is 21.6 Å². The summed E-state index contributed by atoms with van der Waals surface area (Å²) in [5.41, 5.74) is 1.29. The number of ether oxygens (including phenoxy) is 1. The first kappa shape index (κ1) is 20.4. The number of benzene rings is 1. The predicted octanol–water partition coefficient (Wildman–Crippen LogP) is 3.31. The molecule has 0 bridgehead atoms. The van der Waals surface area contributed by atoms with Gasteiger partial charge in [-0.25, -0.2) is 13.8 Å². The summed E-state index contributed by atoms with van der Waals surface area (Å²) >= 11 is 0. The molecule has 1 saturated heterocycles. The molecule has 1 aliphatic rings. The standard InChI is InChI=1S/C22H23F2N3O3/c1-12-4-5-15-16(10-14-11-27(3)6-7-29-14)20(30-22(15)26-12)19-17(23)8-13(9-18(19)24)21(28)25-2/h4-5,8-9,14H,6-7,10-11H2,1-3H3,(H,25,28). The van der Waals surface area contributed by atoms with Crippen LogP contribution >= 0.6 is 0 Å². The molecule has 30 heavy (non-hydrogen) atoms. The van der Waals surface area contributed by atoms with Crippen molar-refractivity contribution in [3.05, 3.63) is 52.7 Å². The minimum atomic E-state index is -0.868. The Labute approximate surface area is 172 Å². The van der Waals surface area contributed by atoms with Gasteiger partial charge in [-0.3, -0.25) is 4.79 Å². The Kier molecular flexibility index (Phi) is 5.53. The van der Waals surface area contributed by atoms with Crippen LogP contribution in [0.25, 0.3) is 22.4 Å². The van der Waals surface area contributed by atoms with Crippen LogP contribution < -0.4 is 5.32 Å². The van der Waals surface area contributed by atoms with Crippen LogP contribution in [0.5, 0.6) is 0 Å². The van der Waals surface area contributed by atoms with Crippen molar-refractivity contribution in [3.63, 3.8) is 0 Å². The van der Waals surface area contributed by atoms with E-state index in [-0.39, 0.29) is 23.0 Å². The first-order valence-corrected chi connectivity index (χ1v) is 9.78. The highest BCUT2D eigenvalue weighted by atomic mass is 19.1. The Bertz CT molecular complexity index is 1090. The summed E-state index contributed by atoms with van der Waals surface area (Å²) in [5, 5.41) is 3.06. The topological polar surface area (TPSA) is 67.6 Å². The Hall–Kier alpha value is -2.84. The summed E-state index contributed by atoms with van der Waals surface area (Å²) in [6, 6.07) is 5.71. The average molecular weight is 415 g/mol. The number of aromatic nitrogens is 1. The number of halogens is 2. The van der Waals surface area contributed by atoms with Gasteiger partial charge in [0, 0.05) is 48.8 Å². The molecular formula is C22H23F2N3O3. The number of carbonyl (C=O) groups excluding carboxylic acids is 1. The van der Waals surface area contributed by atoms with E-state index in [0.717, 1.165) is 24.4 Å². The van der Waals surface area contributed by atoms with Crippen LogP contribution in [0.2, 0.25) is 0 Å². The first-order chi connectivity index (χ1) is 14.4. The number of rotatable bonds is 4. The molecule has 2 aromatic heterocycles. The SMILES string of the molecule is CNC(=O)c1cc(F)c(-c2oc3nc(C)ccc3c2CC2CN(C)CCO2)c(F)c1. The minimum absolute atomic E-state index is 0.0818. The maximum atomic E-state index is 15.0. The highest BCUT2D eigenvalue weighted by molar-refractivity contribution is 5.95. The second kappa shape index (κ2) is 8.12. The Morgan fingerprint density at radius 2 is 2.03 bits per heavy atom. The number of furan rings is 1. The van der Waals surface area contributed by atoms with E-state index in [4.69, 9.17) is 9.15 Å². The zero-order valence-electron chi connectivity index (χ0n) is 17.1. The lowest BCUT2D eigenvalue weighted by atomic mass is 9.98. The summed E-state index contributed by atoms with van der Waals surface area (Å²) in [6.07, 6.45) is 0.286. The number of likely N-dealkylation sites (N-methyl/N-ethyl adjacent to an activating group) is 1. The zero-order chi connectivity index (χ0) is 21.4. The van der Waals surface area contributed by atoms with Crippen molar-refractivity contribution in [1.82, 2.24) is 15.2 Å². The number of hydrogen-bond donors (Lipinski definition) is 1. The normalized spacial score (nSPS) is 17.4. The molecule has 6 nitrogen and oxygen atoms in total. The van der Waals surface area contributed by atoms with Crippen molar-refractivity contribution in [2.24, 2.45) is 0 Å². The lowest BCUT2D eigenvalue weighted by Gasteiger charge is -2.30. The number of nitrogens with zero attached hydrogens (tertiary/aromatic N) is 2. The molecule has 1 aliphatic heterocycles. The van der Waals surface area contributed by atoms with Crippen LogP contribution in [0.4, 0.5) is 8.78 Å². The first-order valence-electron chi connectivity index (χ1n) is 9.78. The third kappa shape index (κ3) is 3.80. The van der Waals surface area contributed by atoms with Gasteiger partial charge in [0.25, 0.3) is 5.91 Å². The van der Waals surface area contributed by atoms with Gasteiger partial charge in [0.1, 0.15) is 17.4 Å². The number of aryl methyl sites for hydroxylation is 1. The zero-order valence-corrected chi connectivity index (χ0v) is 17.1. The number of amides is 1. The van der Waals surface area contributed by atoms with E-state index in [9.17, 15) is 13.6 Å². The fraction of sp³-hybridized carbons (Fsp3) is 0.364. The summed E-state index contributed by atoms with van der Waals surface area (Å²) < 4.78 is 41.7. The highest BCUT2D eigenvalue weighted by Gasteiger charge is 2.28. The molecule has 158 valence electrons. The molecule has 0 saturated carbocycles. The maximum Gasteiger partial charge on any atom is 0.251 e. The van der Waals surface area contributed by atoms with Gasteiger partial charge in [0.05, 0.1) is 18.3 Å². The van der Waals surface area contributed by atoms with Crippen LogP contribution in [-0.2, 0) is 11.2 Å². The molecule has 1 fully saturated rings. The molecule has 8 heteroatoms. The molecule has 3 heterocycles.